The molecular weight excluding hydrogens is 345 g/mol. The number of hydrogen-bond acceptors (Lipinski definition) is 2. The maximum absolute atomic E-state index is 12.1. The van der Waals surface area contributed by atoms with Gasteiger partial charge in [0.05, 0.1) is 0 Å². The molecule has 1 fully saturated rings. The molecule has 2 rings (SSSR count). The molecule has 3 nitrogen and oxygen atoms in total. The van der Waals surface area contributed by atoms with Crippen LogP contribution in [0.4, 0.5) is 4.79 Å². The van der Waals surface area contributed by atoms with Gasteiger partial charge in [-0.2, -0.15) is 0 Å². The fourth-order valence-corrected chi connectivity index (χ4v) is 3.29. The van der Waals surface area contributed by atoms with E-state index < -0.39 is 0 Å². The van der Waals surface area contributed by atoms with Gasteiger partial charge in [-0.1, -0.05) is 23.8 Å². The van der Waals surface area contributed by atoms with Gasteiger partial charge in [0.1, 0.15) is 5.75 Å². The van der Waals surface area contributed by atoms with E-state index in [1.165, 1.54) is 25.7 Å². The van der Waals surface area contributed by atoms with E-state index in [2.05, 4.69) is 6.08 Å². The van der Waals surface area contributed by atoms with Gasteiger partial charge in [-0.3, -0.25) is 0 Å². The quantitative estimate of drug-likeness (QED) is 0.470. The summed E-state index contributed by atoms with van der Waals surface area (Å²) in [6.07, 6.45) is 9.88. The Hall–Kier alpha value is -1.19. The lowest BCUT2D eigenvalue weighted by atomic mass is 9.80. The van der Waals surface area contributed by atoms with Crippen LogP contribution in [0, 0.1) is 11.8 Å². The van der Waals surface area contributed by atoms with E-state index >= 15 is 0 Å². The van der Waals surface area contributed by atoms with Crippen molar-refractivity contribution in [3.05, 3.63) is 41.4 Å². The molecule has 0 heterocycles. The highest BCUT2D eigenvalue weighted by atomic mass is 35.5. The fraction of sp³-hybridized carbons (Fsp3) is 0.526. The molecule has 0 unspecified atom stereocenters. The van der Waals surface area contributed by atoms with Gasteiger partial charge in [-0.25, -0.2) is 4.79 Å². The molecule has 1 amide bonds. The number of benzene rings is 1. The minimum absolute atomic E-state index is 0.323. The molecule has 0 bridgehead atoms. The van der Waals surface area contributed by atoms with Crippen LogP contribution in [-0.4, -0.2) is 30.5 Å². The summed E-state index contributed by atoms with van der Waals surface area (Å²) < 4.78 is 5.34. The number of halogens is 2. The van der Waals surface area contributed by atoms with Crippen molar-refractivity contribution >= 4 is 29.3 Å². The lowest BCUT2D eigenvalue weighted by molar-refractivity contribution is 0.157. The Balaban J connectivity index is 1.69. The summed E-state index contributed by atoms with van der Waals surface area (Å²) in [6, 6.07) is 6.82. The Morgan fingerprint density at radius 3 is 2.54 bits per heavy atom. The van der Waals surface area contributed by atoms with Crippen LogP contribution in [0.5, 0.6) is 5.75 Å². The zero-order chi connectivity index (χ0) is 17.4. The van der Waals surface area contributed by atoms with E-state index in [4.69, 9.17) is 27.9 Å². The van der Waals surface area contributed by atoms with Crippen LogP contribution < -0.4 is 4.74 Å². The van der Waals surface area contributed by atoms with E-state index in [9.17, 15) is 4.79 Å². The second kappa shape index (κ2) is 9.95. The SMILES string of the molecule is CN(CC[C@H]1CC[C@H](C=CCCl)CC1)C(=O)Oc1ccc(Cl)cc1. The van der Waals surface area contributed by atoms with Crippen LogP contribution in [0.25, 0.3) is 0 Å². The number of amides is 1. The molecule has 0 N–H and O–H groups in total. The predicted molar refractivity (Wildman–Crippen MR) is 100 cm³/mol. The highest BCUT2D eigenvalue weighted by molar-refractivity contribution is 6.30. The smallest absolute Gasteiger partial charge is 0.410 e. The maximum atomic E-state index is 12.1. The van der Waals surface area contributed by atoms with Crippen molar-refractivity contribution in [2.75, 3.05) is 19.5 Å². The predicted octanol–water partition coefficient (Wildman–Crippen LogP) is 5.76. The van der Waals surface area contributed by atoms with Gasteiger partial charge in [0, 0.05) is 24.5 Å². The van der Waals surface area contributed by atoms with Crippen LogP contribution in [0.2, 0.25) is 5.02 Å². The molecule has 0 aliphatic heterocycles. The van der Waals surface area contributed by atoms with Crippen molar-refractivity contribution < 1.29 is 9.53 Å². The van der Waals surface area contributed by atoms with E-state index in [-0.39, 0.29) is 6.09 Å². The third-order valence-corrected chi connectivity index (χ3v) is 5.02. The highest BCUT2D eigenvalue weighted by Crippen LogP contribution is 2.31. The highest BCUT2D eigenvalue weighted by Gasteiger charge is 2.21. The van der Waals surface area contributed by atoms with Gasteiger partial charge >= 0.3 is 6.09 Å². The summed E-state index contributed by atoms with van der Waals surface area (Å²) in [7, 11) is 1.78. The van der Waals surface area contributed by atoms with Gasteiger partial charge in [0.25, 0.3) is 0 Å². The van der Waals surface area contributed by atoms with Crippen molar-refractivity contribution in [1.82, 2.24) is 4.90 Å². The number of carbonyl (C=O) groups is 1. The Kier molecular flexibility index (Phi) is 7.93. The van der Waals surface area contributed by atoms with Crippen molar-refractivity contribution in [2.45, 2.75) is 32.1 Å². The molecule has 5 heteroatoms. The lowest BCUT2D eigenvalue weighted by Crippen LogP contribution is -2.32. The molecule has 1 aromatic carbocycles. The normalized spacial score (nSPS) is 21.0. The summed E-state index contributed by atoms with van der Waals surface area (Å²) in [5.41, 5.74) is 0. The molecule has 1 aliphatic carbocycles. The second-order valence-electron chi connectivity index (χ2n) is 6.40. The summed E-state index contributed by atoms with van der Waals surface area (Å²) in [6.45, 7) is 0.722. The van der Waals surface area contributed by atoms with Crippen molar-refractivity contribution in [3.8, 4) is 5.75 Å². The van der Waals surface area contributed by atoms with Crippen molar-refractivity contribution in [1.29, 1.82) is 0 Å². The van der Waals surface area contributed by atoms with Crippen LogP contribution in [0.15, 0.2) is 36.4 Å². The average Bonchev–Trinajstić information content (AvgIpc) is 2.60. The number of rotatable bonds is 6. The van der Waals surface area contributed by atoms with Crippen LogP contribution in [0.3, 0.4) is 0 Å². The number of alkyl halides is 1. The standard InChI is InChI=1S/C19H25Cl2NO2/c1-22(19(23)24-18-10-8-17(21)9-11-18)14-12-16-6-4-15(5-7-16)3-2-13-20/h2-3,8-11,15-16H,4-7,12-14H2,1H3/t15-,16-. The number of hydrogen-bond donors (Lipinski definition) is 0. The largest absolute Gasteiger partial charge is 0.414 e. The zero-order valence-electron chi connectivity index (χ0n) is 14.1. The molecule has 0 aromatic heterocycles. The zero-order valence-corrected chi connectivity index (χ0v) is 15.6. The summed E-state index contributed by atoms with van der Waals surface area (Å²) in [4.78, 5) is 13.7. The maximum Gasteiger partial charge on any atom is 0.414 e. The van der Waals surface area contributed by atoms with Crippen LogP contribution >= 0.6 is 23.2 Å². The lowest BCUT2D eigenvalue weighted by Gasteiger charge is -2.28. The third-order valence-electron chi connectivity index (χ3n) is 4.59. The van der Waals surface area contributed by atoms with Gasteiger partial charge in [0.2, 0.25) is 0 Å². The number of ether oxygens (including phenoxy) is 1. The van der Waals surface area contributed by atoms with Crippen LogP contribution in [0.1, 0.15) is 32.1 Å². The molecule has 0 saturated heterocycles. The number of carbonyl (C=O) groups excluding carboxylic acids is 1. The Morgan fingerprint density at radius 2 is 1.92 bits per heavy atom. The first kappa shape index (κ1) is 19.1. The Labute approximate surface area is 154 Å². The molecule has 1 saturated carbocycles. The van der Waals surface area contributed by atoms with Crippen molar-refractivity contribution in [3.63, 3.8) is 0 Å². The summed E-state index contributed by atoms with van der Waals surface area (Å²) in [5, 5.41) is 0.625. The first-order valence-electron chi connectivity index (χ1n) is 8.49. The topological polar surface area (TPSA) is 29.5 Å². The van der Waals surface area contributed by atoms with Crippen molar-refractivity contribution in [2.24, 2.45) is 11.8 Å². The molecule has 24 heavy (non-hydrogen) atoms. The minimum Gasteiger partial charge on any atom is -0.410 e. The van der Waals surface area contributed by atoms with Gasteiger partial charge in [-0.05, 0) is 68.2 Å². The number of nitrogens with zero attached hydrogens (tertiary/aromatic N) is 1. The summed E-state index contributed by atoms with van der Waals surface area (Å²) >= 11 is 11.5. The van der Waals surface area contributed by atoms with E-state index in [1.54, 1.807) is 36.2 Å². The molecule has 132 valence electrons. The molecular formula is C19H25Cl2NO2. The minimum atomic E-state index is -0.323. The molecule has 1 aromatic rings. The average molecular weight is 370 g/mol. The molecule has 1 aliphatic rings. The van der Waals surface area contributed by atoms with E-state index in [1.807, 2.05) is 6.08 Å². The first-order chi connectivity index (χ1) is 11.6. The number of allylic oxidation sites excluding steroid dienone is 2. The monoisotopic (exact) mass is 369 g/mol. The van der Waals surface area contributed by atoms with Crippen LogP contribution in [-0.2, 0) is 0 Å². The third kappa shape index (κ3) is 6.37. The second-order valence-corrected chi connectivity index (χ2v) is 7.14. The summed E-state index contributed by atoms with van der Waals surface area (Å²) in [5.74, 6) is 2.48. The van der Waals surface area contributed by atoms with E-state index in [0.29, 0.717) is 28.5 Å². The fourth-order valence-electron chi connectivity index (χ4n) is 3.06. The molecule has 0 radical (unpaired) electrons. The van der Waals surface area contributed by atoms with E-state index in [0.717, 1.165) is 13.0 Å². The first-order valence-corrected chi connectivity index (χ1v) is 9.41. The Bertz CT molecular complexity index is 537. The molecule has 0 atom stereocenters. The van der Waals surface area contributed by atoms with Gasteiger partial charge in [0.15, 0.2) is 0 Å². The van der Waals surface area contributed by atoms with Gasteiger partial charge < -0.3 is 9.64 Å². The Morgan fingerprint density at radius 1 is 1.25 bits per heavy atom. The molecule has 0 spiro atoms. The van der Waals surface area contributed by atoms with Gasteiger partial charge in [-0.15, -0.1) is 11.6 Å².